The van der Waals surface area contributed by atoms with Crippen LogP contribution < -0.4 is 14.8 Å². The Balaban J connectivity index is 2.24. The van der Waals surface area contributed by atoms with Gasteiger partial charge in [-0.05, 0) is 26.0 Å². The van der Waals surface area contributed by atoms with Crippen molar-refractivity contribution >= 4 is 11.9 Å². The van der Waals surface area contributed by atoms with Gasteiger partial charge in [0.05, 0.1) is 13.2 Å². The minimum Gasteiger partial charge on any atom is -0.494 e. The smallest absolute Gasteiger partial charge is 0.258 e. The molecule has 1 aromatic carbocycles. The van der Waals surface area contributed by atoms with E-state index in [4.69, 9.17) is 9.47 Å². The largest absolute Gasteiger partial charge is 0.494 e. The number of nitrogens with one attached hydrogen (secondary N) is 1. The number of imidazole rings is 1. The molecule has 6 nitrogen and oxygen atoms in total. The second-order valence-electron chi connectivity index (χ2n) is 4.37. The third-order valence-corrected chi connectivity index (χ3v) is 2.81. The van der Waals surface area contributed by atoms with Crippen molar-refractivity contribution < 1.29 is 14.3 Å². The number of hydrogen-bond donors (Lipinski definition) is 1. The van der Waals surface area contributed by atoms with Gasteiger partial charge in [-0.25, -0.2) is 4.98 Å². The number of ether oxygens (including phenoxy) is 2. The van der Waals surface area contributed by atoms with Gasteiger partial charge in [-0.1, -0.05) is 0 Å². The number of anilines is 1. The molecule has 0 unspecified atom stereocenters. The summed E-state index contributed by atoms with van der Waals surface area (Å²) in [4.78, 5) is 16.4. The first-order valence-electron chi connectivity index (χ1n) is 6.83. The Morgan fingerprint density at radius 1 is 1.19 bits per heavy atom. The van der Waals surface area contributed by atoms with Gasteiger partial charge in [0.1, 0.15) is 11.5 Å². The molecule has 112 valence electrons. The summed E-state index contributed by atoms with van der Waals surface area (Å²) in [5.74, 6) is 1.44. The molecule has 0 saturated heterocycles. The number of aryl methyl sites for hydroxylation is 1. The molecule has 0 atom stereocenters. The summed E-state index contributed by atoms with van der Waals surface area (Å²) >= 11 is 0. The van der Waals surface area contributed by atoms with Crippen LogP contribution in [0.3, 0.4) is 0 Å². The fourth-order valence-electron chi connectivity index (χ4n) is 1.86. The Labute approximate surface area is 123 Å². The molecule has 2 aromatic rings. The number of amides is 1. The quantitative estimate of drug-likeness (QED) is 0.887. The van der Waals surface area contributed by atoms with Crippen LogP contribution in [0.5, 0.6) is 11.5 Å². The Morgan fingerprint density at radius 3 is 2.29 bits per heavy atom. The van der Waals surface area contributed by atoms with Crippen LogP contribution in [-0.2, 0) is 7.05 Å². The summed E-state index contributed by atoms with van der Waals surface area (Å²) < 4.78 is 12.7. The van der Waals surface area contributed by atoms with Crippen LogP contribution in [0.1, 0.15) is 24.2 Å². The Kier molecular flexibility index (Phi) is 4.81. The lowest BCUT2D eigenvalue weighted by Gasteiger charge is -2.11. The average Bonchev–Trinajstić information content (AvgIpc) is 2.85. The summed E-state index contributed by atoms with van der Waals surface area (Å²) in [6.45, 7) is 4.83. The van der Waals surface area contributed by atoms with E-state index in [1.165, 1.54) is 0 Å². The van der Waals surface area contributed by atoms with Crippen molar-refractivity contribution in [2.75, 3.05) is 18.5 Å². The van der Waals surface area contributed by atoms with E-state index < -0.39 is 0 Å². The summed E-state index contributed by atoms with van der Waals surface area (Å²) in [5, 5.41) is 2.75. The number of carbonyl (C=O) groups excluding carboxylic acids is 1. The maximum atomic E-state index is 12.3. The lowest BCUT2D eigenvalue weighted by molar-refractivity contribution is 0.102. The lowest BCUT2D eigenvalue weighted by atomic mass is 10.2. The average molecular weight is 289 g/mol. The standard InChI is InChI=1S/C15H19N3O3/c1-4-20-12-8-11(9-13(10-12)21-5-2)14(19)17-15-16-6-7-18(15)3/h6-10H,4-5H2,1-3H3,(H,16,17,19). The first-order valence-corrected chi connectivity index (χ1v) is 6.83. The maximum absolute atomic E-state index is 12.3. The minimum absolute atomic E-state index is 0.258. The molecule has 21 heavy (non-hydrogen) atoms. The minimum atomic E-state index is -0.258. The summed E-state index contributed by atoms with van der Waals surface area (Å²) in [6.07, 6.45) is 3.38. The van der Waals surface area contributed by atoms with Gasteiger partial charge in [0.2, 0.25) is 5.95 Å². The zero-order valence-corrected chi connectivity index (χ0v) is 12.4. The molecular formula is C15H19N3O3. The van der Waals surface area contributed by atoms with E-state index in [0.29, 0.717) is 36.2 Å². The Bertz CT molecular complexity index is 598. The van der Waals surface area contributed by atoms with Crippen LogP contribution in [-0.4, -0.2) is 28.7 Å². The molecule has 6 heteroatoms. The SMILES string of the molecule is CCOc1cc(OCC)cc(C(=O)Nc2nccn2C)c1. The van der Waals surface area contributed by atoms with Crippen molar-refractivity contribution in [3.63, 3.8) is 0 Å². The summed E-state index contributed by atoms with van der Waals surface area (Å²) in [7, 11) is 1.81. The molecule has 0 fully saturated rings. The molecule has 0 saturated carbocycles. The molecule has 0 aliphatic carbocycles. The van der Waals surface area contributed by atoms with Crippen LogP contribution in [0.15, 0.2) is 30.6 Å². The van der Waals surface area contributed by atoms with Gasteiger partial charge in [-0.3, -0.25) is 10.1 Å². The van der Waals surface area contributed by atoms with Crippen LogP contribution in [0, 0.1) is 0 Å². The highest BCUT2D eigenvalue weighted by Crippen LogP contribution is 2.23. The maximum Gasteiger partial charge on any atom is 0.258 e. The molecule has 2 rings (SSSR count). The van der Waals surface area contributed by atoms with E-state index in [1.807, 2.05) is 20.9 Å². The fraction of sp³-hybridized carbons (Fsp3) is 0.333. The molecule has 0 aliphatic heterocycles. The van der Waals surface area contributed by atoms with Gasteiger partial charge in [0.25, 0.3) is 5.91 Å². The van der Waals surface area contributed by atoms with Crippen LogP contribution in [0.2, 0.25) is 0 Å². The van der Waals surface area contributed by atoms with E-state index in [-0.39, 0.29) is 5.91 Å². The second kappa shape index (κ2) is 6.78. The van der Waals surface area contributed by atoms with Crippen molar-refractivity contribution in [3.05, 3.63) is 36.2 Å². The summed E-state index contributed by atoms with van der Waals surface area (Å²) in [6, 6.07) is 5.14. The van der Waals surface area contributed by atoms with E-state index in [9.17, 15) is 4.79 Å². The molecule has 1 aromatic heterocycles. The number of rotatable bonds is 6. The molecule has 0 radical (unpaired) electrons. The highest BCUT2D eigenvalue weighted by molar-refractivity contribution is 6.03. The first kappa shape index (κ1) is 14.9. The van der Waals surface area contributed by atoms with E-state index >= 15 is 0 Å². The Hall–Kier alpha value is -2.50. The predicted octanol–water partition coefficient (Wildman–Crippen LogP) is 2.47. The topological polar surface area (TPSA) is 65.4 Å². The van der Waals surface area contributed by atoms with Gasteiger partial charge in [0, 0.05) is 31.1 Å². The fourth-order valence-corrected chi connectivity index (χ4v) is 1.86. The van der Waals surface area contributed by atoms with Gasteiger partial charge in [-0.2, -0.15) is 0 Å². The normalized spacial score (nSPS) is 10.2. The van der Waals surface area contributed by atoms with Gasteiger partial charge in [0.15, 0.2) is 0 Å². The van der Waals surface area contributed by atoms with Gasteiger partial charge in [-0.15, -0.1) is 0 Å². The van der Waals surface area contributed by atoms with Crippen molar-refractivity contribution in [3.8, 4) is 11.5 Å². The van der Waals surface area contributed by atoms with Crippen molar-refractivity contribution in [1.29, 1.82) is 0 Å². The van der Waals surface area contributed by atoms with Gasteiger partial charge < -0.3 is 14.0 Å². The predicted molar refractivity (Wildman–Crippen MR) is 79.9 cm³/mol. The van der Waals surface area contributed by atoms with E-state index in [2.05, 4.69) is 10.3 Å². The molecule has 1 amide bonds. The number of hydrogen-bond acceptors (Lipinski definition) is 4. The van der Waals surface area contributed by atoms with Crippen LogP contribution in [0.4, 0.5) is 5.95 Å². The molecule has 1 heterocycles. The zero-order valence-electron chi connectivity index (χ0n) is 12.4. The second-order valence-corrected chi connectivity index (χ2v) is 4.37. The third-order valence-electron chi connectivity index (χ3n) is 2.81. The lowest BCUT2D eigenvalue weighted by Crippen LogP contribution is -2.15. The monoisotopic (exact) mass is 289 g/mol. The Morgan fingerprint density at radius 2 is 1.81 bits per heavy atom. The van der Waals surface area contributed by atoms with Crippen LogP contribution in [0.25, 0.3) is 0 Å². The number of carbonyl (C=O) groups is 1. The number of aromatic nitrogens is 2. The van der Waals surface area contributed by atoms with Crippen LogP contribution >= 0.6 is 0 Å². The van der Waals surface area contributed by atoms with Gasteiger partial charge >= 0.3 is 0 Å². The molecule has 0 aliphatic rings. The number of benzene rings is 1. The highest BCUT2D eigenvalue weighted by atomic mass is 16.5. The number of nitrogens with zero attached hydrogens (tertiary/aromatic N) is 2. The van der Waals surface area contributed by atoms with E-state index in [1.54, 1.807) is 35.2 Å². The summed E-state index contributed by atoms with van der Waals surface area (Å²) in [5.41, 5.74) is 0.465. The van der Waals surface area contributed by atoms with Crippen molar-refractivity contribution in [1.82, 2.24) is 9.55 Å². The molecular weight excluding hydrogens is 270 g/mol. The molecule has 1 N–H and O–H groups in total. The molecule has 0 spiro atoms. The van der Waals surface area contributed by atoms with E-state index in [0.717, 1.165) is 0 Å². The zero-order chi connectivity index (χ0) is 15.2. The van der Waals surface area contributed by atoms with Crippen molar-refractivity contribution in [2.24, 2.45) is 7.05 Å². The first-order chi connectivity index (χ1) is 10.1. The highest BCUT2D eigenvalue weighted by Gasteiger charge is 2.12. The molecule has 0 bridgehead atoms. The van der Waals surface area contributed by atoms with Crippen molar-refractivity contribution in [2.45, 2.75) is 13.8 Å². The third kappa shape index (κ3) is 3.75.